The highest BCUT2D eigenvalue weighted by Gasteiger charge is 2.22. The van der Waals surface area contributed by atoms with Crippen molar-refractivity contribution in [1.82, 2.24) is 0 Å². The Kier molecular flexibility index (Phi) is 7.36. The summed E-state index contributed by atoms with van der Waals surface area (Å²) in [4.78, 5) is 0. The van der Waals surface area contributed by atoms with Crippen LogP contribution in [-0.2, 0) is 0 Å². The van der Waals surface area contributed by atoms with Crippen molar-refractivity contribution in [2.45, 2.75) is 38.0 Å². The number of hydrogen-bond acceptors (Lipinski definition) is 0. The van der Waals surface area contributed by atoms with Crippen LogP contribution in [0.2, 0.25) is 0 Å². The van der Waals surface area contributed by atoms with Crippen molar-refractivity contribution in [2.75, 3.05) is 0 Å². The van der Waals surface area contributed by atoms with E-state index in [9.17, 15) is 0 Å². The SMILES string of the molecule is c1ccc(-c2ccccc2-c2c3ccccc3c(-c3ccc(-c4cccc5ccccc45)cc3)c3cc(C4CCCCC4)ccc23)cc1. The second-order valence-electron chi connectivity index (χ2n) is 13.5. The van der Waals surface area contributed by atoms with E-state index in [0.29, 0.717) is 5.92 Å². The monoisotopic (exact) mass is 614 g/mol. The third-order valence-corrected chi connectivity index (χ3v) is 10.7. The summed E-state index contributed by atoms with van der Waals surface area (Å²) in [5.41, 5.74) is 11.8. The van der Waals surface area contributed by atoms with E-state index in [2.05, 4.69) is 164 Å². The van der Waals surface area contributed by atoms with Crippen LogP contribution in [0.15, 0.2) is 164 Å². The van der Waals surface area contributed by atoms with Gasteiger partial charge in [-0.25, -0.2) is 0 Å². The number of benzene rings is 8. The standard InChI is InChI=1S/C48H38/c1-3-14-33(15-4-1)38-30-31-45-46(32-38)47(37-28-26-36(27-29-37)40-25-13-19-35-18-7-8-20-39(35)40)43-23-11-12-24-44(43)48(45)42-22-10-9-21-41(42)34-16-5-2-6-17-34/h2,5-13,16-33H,1,3-4,14-15H2. The van der Waals surface area contributed by atoms with Gasteiger partial charge in [0, 0.05) is 0 Å². The Morgan fingerprint density at radius 3 is 1.69 bits per heavy atom. The first-order valence-corrected chi connectivity index (χ1v) is 17.6. The lowest BCUT2D eigenvalue weighted by atomic mass is 9.80. The molecule has 1 fully saturated rings. The van der Waals surface area contributed by atoms with Crippen molar-refractivity contribution < 1.29 is 0 Å². The molecule has 8 aromatic carbocycles. The van der Waals surface area contributed by atoms with Gasteiger partial charge in [-0.05, 0) is 101 Å². The maximum absolute atomic E-state index is 2.56. The lowest BCUT2D eigenvalue weighted by Gasteiger charge is -2.24. The molecule has 0 radical (unpaired) electrons. The predicted octanol–water partition coefficient (Wildman–Crippen LogP) is 13.9. The molecule has 0 unspecified atom stereocenters. The van der Waals surface area contributed by atoms with Crippen molar-refractivity contribution in [2.24, 2.45) is 0 Å². The summed E-state index contributed by atoms with van der Waals surface area (Å²) < 4.78 is 0. The summed E-state index contributed by atoms with van der Waals surface area (Å²) >= 11 is 0. The molecule has 48 heavy (non-hydrogen) atoms. The van der Waals surface area contributed by atoms with E-state index in [1.165, 1.54) is 114 Å². The topological polar surface area (TPSA) is 0 Å². The molecule has 0 bridgehead atoms. The maximum Gasteiger partial charge on any atom is -0.00201 e. The molecule has 1 aliphatic carbocycles. The Morgan fingerprint density at radius 1 is 0.333 bits per heavy atom. The van der Waals surface area contributed by atoms with Crippen molar-refractivity contribution >= 4 is 32.3 Å². The minimum atomic E-state index is 0.635. The average molecular weight is 615 g/mol. The van der Waals surface area contributed by atoms with Gasteiger partial charge in [0.2, 0.25) is 0 Å². The van der Waals surface area contributed by atoms with Crippen LogP contribution in [0.1, 0.15) is 43.6 Å². The summed E-state index contributed by atoms with van der Waals surface area (Å²) in [6, 6.07) is 61.0. The van der Waals surface area contributed by atoms with E-state index < -0.39 is 0 Å². The van der Waals surface area contributed by atoms with E-state index >= 15 is 0 Å². The molecule has 0 aromatic heterocycles. The van der Waals surface area contributed by atoms with Gasteiger partial charge in [-0.15, -0.1) is 0 Å². The molecule has 1 saturated carbocycles. The Bertz CT molecular complexity index is 2400. The predicted molar refractivity (Wildman–Crippen MR) is 207 cm³/mol. The molecule has 0 spiro atoms. The molecular weight excluding hydrogens is 577 g/mol. The van der Waals surface area contributed by atoms with E-state index in [0.717, 1.165) is 0 Å². The molecule has 0 N–H and O–H groups in total. The van der Waals surface area contributed by atoms with Crippen LogP contribution in [0.5, 0.6) is 0 Å². The van der Waals surface area contributed by atoms with Crippen molar-refractivity contribution in [3.05, 3.63) is 169 Å². The maximum atomic E-state index is 2.56. The number of fused-ring (bicyclic) bond motifs is 3. The zero-order valence-electron chi connectivity index (χ0n) is 27.2. The summed E-state index contributed by atoms with van der Waals surface area (Å²) in [6.45, 7) is 0. The fraction of sp³-hybridized carbons (Fsp3) is 0.125. The minimum absolute atomic E-state index is 0.635. The van der Waals surface area contributed by atoms with Gasteiger partial charge in [0.25, 0.3) is 0 Å². The van der Waals surface area contributed by atoms with E-state index in [1.54, 1.807) is 0 Å². The van der Waals surface area contributed by atoms with Crippen LogP contribution in [0.25, 0.3) is 76.8 Å². The molecule has 1 aliphatic rings. The number of hydrogen-bond donors (Lipinski definition) is 0. The highest BCUT2D eigenvalue weighted by molar-refractivity contribution is 6.22. The lowest BCUT2D eigenvalue weighted by molar-refractivity contribution is 0.444. The molecule has 0 aliphatic heterocycles. The summed E-state index contributed by atoms with van der Waals surface area (Å²) in [7, 11) is 0. The molecule has 9 rings (SSSR count). The van der Waals surface area contributed by atoms with Gasteiger partial charge in [-0.1, -0.05) is 183 Å². The van der Waals surface area contributed by atoms with Crippen LogP contribution < -0.4 is 0 Å². The first kappa shape index (κ1) is 28.7. The van der Waals surface area contributed by atoms with Crippen molar-refractivity contribution in [3.8, 4) is 44.5 Å². The molecule has 0 atom stereocenters. The molecule has 230 valence electrons. The molecule has 0 nitrogen and oxygen atoms in total. The smallest absolute Gasteiger partial charge is 0.00201 e. The Morgan fingerprint density at radius 2 is 0.896 bits per heavy atom. The Labute approximate surface area is 283 Å². The largest absolute Gasteiger partial charge is 0.0622 e. The van der Waals surface area contributed by atoms with Crippen molar-refractivity contribution in [3.63, 3.8) is 0 Å². The fourth-order valence-electron chi connectivity index (χ4n) is 8.35. The van der Waals surface area contributed by atoms with Crippen LogP contribution in [-0.4, -0.2) is 0 Å². The second-order valence-corrected chi connectivity index (χ2v) is 13.5. The molecule has 0 heterocycles. The highest BCUT2D eigenvalue weighted by Crippen LogP contribution is 2.47. The van der Waals surface area contributed by atoms with Gasteiger partial charge in [0.15, 0.2) is 0 Å². The van der Waals surface area contributed by atoms with Gasteiger partial charge < -0.3 is 0 Å². The van der Waals surface area contributed by atoms with Crippen LogP contribution in [0, 0.1) is 0 Å². The van der Waals surface area contributed by atoms with Crippen LogP contribution in [0.3, 0.4) is 0 Å². The normalized spacial score (nSPS) is 13.8. The lowest BCUT2D eigenvalue weighted by Crippen LogP contribution is -2.04. The Hall–Kier alpha value is -5.46. The Balaban J connectivity index is 1.30. The minimum Gasteiger partial charge on any atom is -0.0622 e. The summed E-state index contributed by atoms with van der Waals surface area (Å²) in [6.07, 6.45) is 6.61. The molecular formula is C48H38. The first-order chi connectivity index (χ1) is 23.8. The third kappa shape index (κ3) is 5.00. The summed E-state index contributed by atoms with van der Waals surface area (Å²) in [5, 5.41) is 7.85. The quantitative estimate of drug-likeness (QED) is 0.169. The molecule has 0 heteroatoms. The fourth-order valence-corrected chi connectivity index (χ4v) is 8.35. The highest BCUT2D eigenvalue weighted by atomic mass is 14.3. The van der Waals surface area contributed by atoms with Gasteiger partial charge >= 0.3 is 0 Å². The average Bonchev–Trinajstić information content (AvgIpc) is 3.17. The number of rotatable bonds is 5. The van der Waals surface area contributed by atoms with Gasteiger partial charge in [0.05, 0.1) is 0 Å². The second kappa shape index (κ2) is 12.3. The van der Waals surface area contributed by atoms with Crippen LogP contribution in [0.4, 0.5) is 0 Å². The van der Waals surface area contributed by atoms with E-state index in [1.807, 2.05) is 0 Å². The van der Waals surface area contributed by atoms with Gasteiger partial charge in [0.1, 0.15) is 0 Å². The van der Waals surface area contributed by atoms with Gasteiger partial charge in [-0.3, -0.25) is 0 Å². The third-order valence-electron chi connectivity index (χ3n) is 10.7. The summed E-state index contributed by atoms with van der Waals surface area (Å²) in [5.74, 6) is 0.635. The zero-order valence-corrected chi connectivity index (χ0v) is 27.2. The van der Waals surface area contributed by atoms with E-state index in [-0.39, 0.29) is 0 Å². The first-order valence-electron chi connectivity index (χ1n) is 17.6. The van der Waals surface area contributed by atoms with Crippen molar-refractivity contribution in [1.29, 1.82) is 0 Å². The molecule has 8 aromatic rings. The van der Waals surface area contributed by atoms with E-state index in [4.69, 9.17) is 0 Å². The van der Waals surface area contributed by atoms with Gasteiger partial charge in [-0.2, -0.15) is 0 Å². The van der Waals surface area contributed by atoms with Crippen LogP contribution >= 0.6 is 0 Å². The molecule has 0 amide bonds. The molecule has 0 saturated heterocycles. The zero-order chi connectivity index (χ0) is 31.9.